The first kappa shape index (κ1) is 27.1. The Labute approximate surface area is 206 Å². The van der Waals surface area contributed by atoms with E-state index in [4.69, 9.17) is 4.74 Å². The van der Waals surface area contributed by atoms with Crippen LogP contribution >= 0.6 is 0 Å². The summed E-state index contributed by atoms with van der Waals surface area (Å²) in [7, 11) is 0. The van der Waals surface area contributed by atoms with Crippen molar-refractivity contribution in [1.82, 2.24) is 0 Å². The van der Waals surface area contributed by atoms with Gasteiger partial charge in [-0.2, -0.15) is 4.39 Å². The highest BCUT2D eigenvalue weighted by Crippen LogP contribution is 2.42. The Bertz CT molecular complexity index is 746. The number of carbonyl (C=O) groups excluding carboxylic acids is 1. The lowest BCUT2D eigenvalue weighted by Crippen LogP contribution is -2.30. The van der Waals surface area contributed by atoms with Crippen LogP contribution in [0, 0.1) is 35.3 Å². The van der Waals surface area contributed by atoms with Crippen molar-refractivity contribution >= 4 is 5.97 Å². The number of unbranched alkanes of at least 4 members (excludes halogenated alkanes) is 5. The first-order chi connectivity index (χ1) is 16.5. The molecule has 1 aromatic rings. The van der Waals surface area contributed by atoms with Gasteiger partial charge in [0.25, 0.3) is 0 Å². The lowest BCUT2D eigenvalue weighted by Gasteiger charge is -2.37. The van der Waals surface area contributed by atoms with E-state index in [2.05, 4.69) is 13.8 Å². The molecule has 2 aliphatic carbocycles. The van der Waals surface area contributed by atoms with E-state index in [0.29, 0.717) is 17.9 Å². The molecule has 0 N–H and O–H groups in total. The highest BCUT2D eigenvalue weighted by molar-refractivity contribution is 5.75. The molecule has 0 unspecified atom stereocenters. The molecule has 0 amide bonds. The van der Waals surface area contributed by atoms with Gasteiger partial charge in [0, 0.05) is 0 Å². The summed E-state index contributed by atoms with van der Waals surface area (Å²) in [5.41, 5.74) is 0.377. The SMILES string of the molecule is CCCCCCCCc1ccc(OC(=O)C2CCC(C3CCC(CCC)CC3)CC2)c(F)c1F. The molecule has 0 aliphatic heterocycles. The zero-order valence-corrected chi connectivity index (χ0v) is 21.6. The van der Waals surface area contributed by atoms with Crippen LogP contribution in [0.15, 0.2) is 12.1 Å². The Morgan fingerprint density at radius 1 is 0.794 bits per heavy atom. The largest absolute Gasteiger partial charge is 0.423 e. The Morgan fingerprint density at radius 3 is 2.06 bits per heavy atom. The predicted molar refractivity (Wildman–Crippen MR) is 135 cm³/mol. The van der Waals surface area contributed by atoms with Crippen LogP contribution in [0.3, 0.4) is 0 Å². The first-order valence-electron chi connectivity index (χ1n) is 14.2. The number of benzene rings is 1. The molecule has 0 atom stereocenters. The first-order valence-corrected chi connectivity index (χ1v) is 14.2. The third-order valence-corrected chi connectivity index (χ3v) is 8.50. The van der Waals surface area contributed by atoms with Gasteiger partial charge in [-0.1, -0.05) is 77.7 Å². The number of rotatable bonds is 12. The number of hydrogen-bond acceptors (Lipinski definition) is 2. The van der Waals surface area contributed by atoms with Crippen molar-refractivity contribution in [2.24, 2.45) is 23.7 Å². The maximum atomic E-state index is 14.6. The summed E-state index contributed by atoms with van der Waals surface area (Å²) in [5.74, 6) is -0.302. The van der Waals surface area contributed by atoms with Crippen molar-refractivity contribution in [1.29, 1.82) is 0 Å². The lowest BCUT2D eigenvalue weighted by atomic mass is 9.69. The fraction of sp³-hybridized carbons (Fsp3) is 0.767. The standard InChI is InChI=1S/C30H46F2O2/c1-3-5-6-7-8-9-11-25-20-21-27(29(32)28(25)31)34-30(33)26-18-16-24(17-19-26)23-14-12-22(10-4-2)13-15-23/h20-24,26H,3-19H2,1-2H3. The van der Waals surface area contributed by atoms with Gasteiger partial charge in [-0.15, -0.1) is 0 Å². The fourth-order valence-corrected chi connectivity index (χ4v) is 6.31. The Hall–Kier alpha value is -1.45. The lowest BCUT2D eigenvalue weighted by molar-refractivity contribution is -0.140. The topological polar surface area (TPSA) is 26.3 Å². The Balaban J connectivity index is 1.43. The van der Waals surface area contributed by atoms with Crippen molar-refractivity contribution < 1.29 is 18.3 Å². The van der Waals surface area contributed by atoms with E-state index >= 15 is 0 Å². The molecule has 2 fully saturated rings. The molecule has 2 nitrogen and oxygen atoms in total. The second-order valence-electron chi connectivity index (χ2n) is 11.0. The number of ether oxygens (including phenoxy) is 1. The molecule has 0 radical (unpaired) electrons. The summed E-state index contributed by atoms with van der Waals surface area (Å²) in [4.78, 5) is 12.7. The van der Waals surface area contributed by atoms with Crippen LogP contribution in [-0.2, 0) is 11.2 Å². The molecule has 0 bridgehead atoms. The van der Waals surface area contributed by atoms with Gasteiger partial charge in [-0.05, 0) is 80.8 Å². The van der Waals surface area contributed by atoms with Crippen LogP contribution < -0.4 is 4.74 Å². The van der Waals surface area contributed by atoms with Crippen LogP contribution in [0.4, 0.5) is 8.78 Å². The quantitative estimate of drug-likeness (QED) is 0.171. The molecule has 192 valence electrons. The second kappa shape index (κ2) is 14.2. The van der Waals surface area contributed by atoms with Crippen LogP contribution in [-0.4, -0.2) is 5.97 Å². The van der Waals surface area contributed by atoms with Crippen molar-refractivity contribution in [2.75, 3.05) is 0 Å². The highest BCUT2D eigenvalue weighted by atomic mass is 19.2. The Kier molecular flexibility index (Phi) is 11.3. The predicted octanol–water partition coefficient (Wildman–Crippen LogP) is 9.19. The summed E-state index contributed by atoms with van der Waals surface area (Å²) < 4.78 is 34.5. The zero-order valence-electron chi connectivity index (χ0n) is 21.6. The van der Waals surface area contributed by atoms with E-state index in [9.17, 15) is 13.6 Å². The maximum Gasteiger partial charge on any atom is 0.314 e. The van der Waals surface area contributed by atoms with Gasteiger partial charge in [0.2, 0.25) is 5.82 Å². The van der Waals surface area contributed by atoms with E-state index in [0.717, 1.165) is 56.8 Å². The van der Waals surface area contributed by atoms with Crippen molar-refractivity contribution in [3.05, 3.63) is 29.3 Å². The fourth-order valence-electron chi connectivity index (χ4n) is 6.31. The summed E-state index contributed by atoms with van der Waals surface area (Å²) in [5, 5.41) is 0. The molecule has 3 rings (SSSR count). The minimum Gasteiger partial charge on any atom is -0.423 e. The molecular formula is C30H46F2O2. The molecule has 0 saturated heterocycles. The van der Waals surface area contributed by atoms with Gasteiger partial charge in [0.05, 0.1) is 5.92 Å². The molecule has 0 spiro atoms. The molecule has 2 aliphatic rings. The summed E-state index contributed by atoms with van der Waals surface area (Å²) in [6.07, 6.45) is 18.9. The summed E-state index contributed by atoms with van der Waals surface area (Å²) in [6.45, 7) is 4.45. The summed E-state index contributed by atoms with van der Waals surface area (Å²) >= 11 is 0. The molecule has 0 aromatic heterocycles. The van der Waals surface area contributed by atoms with Gasteiger partial charge in [-0.25, -0.2) is 4.39 Å². The van der Waals surface area contributed by atoms with E-state index in [1.807, 2.05) is 0 Å². The zero-order chi connectivity index (χ0) is 24.3. The van der Waals surface area contributed by atoms with Gasteiger partial charge >= 0.3 is 5.97 Å². The van der Waals surface area contributed by atoms with Crippen LogP contribution in [0.5, 0.6) is 5.75 Å². The van der Waals surface area contributed by atoms with Crippen molar-refractivity contribution in [3.63, 3.8) is 0 Å². The van der Waals surface area contributed by atoms with E-state index in [1.165, 1.54) is 63.9 Å². The minimum atomic E-state index is -1.02. The normalized spacial score (nSPS) is 25.3. The monoisotopic (exact) mass is 476 g/mol. The third kappa shape index (κ3) is 7.78. The molecule has 4 heteroatoms. The number of aryl methyl sites for hydroxylation is 1. The number of carbonyl (C=O) groups is 1. The van der Waals surface area contributed by atoms with Crippen molar-refractivity contribution in [2.45, 2.75) is 123 Å². The molecule has 1 aromatic carbocycles. The van der Waals surface area contributed by atoms with Gasteiger partial charge in [0.15, 0.2) is 11.6 Å². The van der Waals surface area contributed by atoms with Gasteiger partial charge in [0.1, 0.15) is 0 Å². The average Bonchev–Trinajstić information content (AvgIpc) is 2.86. The molecule has 34 heavy (non-hydrogen) atoms. The van der Waals surface area contributed by atoms with Crippen LogP contribution in [0.2, 0.25) is 0 Å². The van der Waals surface area contributed by atoms with E-state index in [-0.39, 0.29) is 11.7 Å². The second-order valence-corrected chi connectivity index (χ2v) is 11.0. The molecule has 2 saturated carbocycles. The van der Waals surface area contributed by atoms with Crippen LogP contribution in [0.25, 0.3) is 0 Å². The van der Waals surface area contributed by atoms with E-state index < -0.39 is 17.6 Å². The number of hydrogen-bond donors (Lipinski definition) is 0. The molecular weight excluding hydrogens is 430 g/mol. The number of esters is 1. The average molecular weight is 477 g/mol. The highest BCUT2D eigenvalue weighted by Gasteiger charge is 2.34. The Morgan fingerprint density at radius 2 is 1.41 bits per heavy atom. The minimum absolute atomic E-state index is 0.196. The summed E-state index contributed by atoms with van der Waals surface area (Å²) in [6, 6.07) is 3.02. The van der Waals surface area contributed by atoms with Gasteiger partial charge < -0.3 is 4.74 Å². The van der Waals surface area contributed by atoms with E-state index in [1.54, 1.807) is 6.07 Å². The number of halogens is 2. The van der Waals surface area contributed by atoms with Crippen LogP contribution in [0.1, 0.15) is 122 Å². The maximum absolute atomic E-state index is 14.6. The molecule has 0 heterocycles. The van der Waals surface area contributed by atoms with Gasteiger partial charge in [-0.3, -0.25) is 4.79 Å². The van der Waals surface area contributed by atoms with Crippen molar-refractivity contribution in [3.8, 4) is 5.75 Å². The smallest absolute Gasteiger partial charge is 0.314 e. The third-order valence-electron chi connectivity index (χ3n) is 8.50.